The average molecular weight is 303 g/mol. The molecule has 0 saturated carbocycles. The number of halogens is 1. The molecule has 96 valence electrons. The van der Waals surface area contributed by atoms with Gasteiger partial charge in [0.2, 0.25) is 11.8 Å². The number of hydrogen-bond donors (Lipinski definition) is 1. The van der Waals surface area contributed by atoms with E-state index in [1.807, 2.05) is 13.8 Å². The van der Waals surface area contributed by atoms with E-state index in [4.69, 9.17) is 0 Å². The van der Waals surface area contributed by atoms with Gasteiger partial charge in [-0.3, -0.25) is 9.59 Å². The zero-order valence-electron chi connectivity index (χ0n) is 10.5. The molecular formula is C12H19BrN2O2. The van der Waals surface area contributed by atoms with Gasteiger partial charge < -0.3 is 10.2 Å². The normalized spacial score (nSPS) is 23.5. The van der Waals surface area contributed by atoms with Gasteiger partial charge in [-0.05, 0) is 19.8 Å². The molecule has 17 heavy (non-hydrogen) atoms. The van der Waals surface area contributed by atoms with Crippen molar-refractivity contribution in [2.75, 3.05) is 6.54 Å². The van der Waals surface area contributed by atoms with Gasteiger partial charge in [-0.15, -0.1) is 0 Å². The number of rotatable bonds is 4. The topological polar surface area (TPSA) is 49.4 Å². The van der Waals surface area contributed by atoms with E-state index in [0.717, 1.165) is 0 Å². The van der Waals surface area contributed by atoms with E-state index in [1.165, 1.54) is 0 Å². The van der Waals surface area contributed by atoms with Gasteiger partial charge in [-0.25, -0.2) is 0 Å². The SMILES string of the molecule is C=C(Br)CN1C(=O)C(CC)(CC)NC(=O)C1C. The Labute approximate surface area is 111 Å². The second-order valence-electron chi connectivity index (χ2n) is 4.40. The maximum atomic E-state index is 12.5. The molecule has 0 radical (unpaired) electrons. The summed E-state index contributed by atoms with van der Waals surface area (Å²) in [6.45, 7) is 9.67. The maximum absolute atomic E-state index is 12.5. The highest BCUT2D eigenvalue weighted by Crippen LogP contribution is 2.25. The second kappa shape index (κ2) is 5.21. The molecule has 1 atom stereocenters. The molecule has 1 fully saturated rings. The number of nitrogens with zero attached hydrogens (tertiary/aromatic N) is 1. The van der Waals surface area contributed by atoms with Crippen LogP contribution in [0.3, 0.4) is 0 Å². The van der Waals surface area contributed by atoms with E-state index in [-0.39, 0.29) is 11.8 Å². The molecule has 0 aliphatic carbocycles. The summed E-state index contributed by atoms with van der Waals surface area (Å²) in [7, 11) is 0. The highest BCUT2D eigenvalue weighted by atomic mass is 79.9. The molecule has 1 heterocycles. The van der Waals surface area contributed by atoms with Gasteiger partial charge in [0.05, 0.1) is 6.54 Å². The lowest BCUT2D eigenvalue weighted by atomic mass is 9.87. The summed E-state index contributed by atoms with van der Waals surface area (Å²) in [5, 5.41) is 2.86. The van der Waals surface area contributed by atoms with Crippen LogP contribution in [0.2, 0.25) is 0 Å². The first-order chi connectivity index (χ1) is 7.88. The fourth-order valence-corrected chi connectivity index (χ4v) is 2.38. The molecule has 1 saturated heterocycles. The van der Waals surface area contributed by atoms with E-state index < -0.39 is 11.6 Å². The molecule has 1 rings (SSSR count). The van der Waals surface area contributed by atoms with Gasteiger partial charge in [0.15, 0.2) is 0 Å². The Morgan fingerprint density at radius 2 is 2.00 bits per heavy atom. The third-order valence-electron chi connectivity index (χ3n) is 3.43. The average Bonchev–Trinajstić information content (AvgIpc) is 2.29. The molecule has 1 aliphatic rings. The maximum Gasteiger partial charge on any atom is 0.249 e. The Morgan fingerprint density at radius 3 is 2.41 bits per heavy atom. The van der Waals surface area contributed by atoms with Crippen LogP contribution in [0.25, 0.3) is 0 Å². The van der Waals surface area contributed by atoms with Crippen molar-refractivity contribution in [1.82, 2.24) is 10.2 Å². The van der Waals surface area contributed by atoms with E-state index in [9.17, 15) is 9.59 Å². The fraction of sp³-hybridized carbons (Fsp3) is 0.667. The molecule has 0 aromatic heterocycles. The van der Waals surface area contributed by atoms with Crippen molar-refractivity contribution in [3.8, 4) is 0 Å². The quantitative estimate of drug-likeness (QED) is 0.861. The van der Waals surface area contributed by atoms with Crippen LogP contribution in [0.1, 0.15) is 33.6 Å². The van der Waals surface area contributed by atoms with E-state index in [1.54, 1.807) is 11.8 Å². The molecule has 1 N–H and O–H groups in total. The molecule has 1 unspecified atom stereocenters. The minimum absolute atomic E-state index is 0.0183. The Hall–Kier alpha value is -0.840. The zero-order chi connectivity index (χ0) is 13.2. The number of piperazine rings is 1. The highest BCUT2D eigenvalue weighted by molar-refractivity contribution is 9.11. The largest absolute Gasteiger partial charge is 0.340 e. The summed E-state index contributed by atoms with van der Waals surface area (Å²) in [5.74, 6) is -0.114. The molecule has 5 heteroatoms. The summed E-state index contributed by atoms with van der Waals surface area (Å²) in [6.07, 6.45) is 1.21. The van der Waals surface area contributed by atoms with E-state index in [0.29, 0.717) is 23.9 Å². The van der Waals surface area contributed by atoms with Crippen LogP contribution in [-0.2, 0) is 9.59 Å². The fourth-order valence-electron chi connectivity index (χ4n) is 2.11. The van der Waals surface area contributed by atoms with Crippen molar-refractivity contribution in [3.63, 3.8) is 0 Å². The Bertz CT molecular complexity index is 350. The predicted octanol–water partition coefficient (Wildman–Crippen LogP) is 1.80. The first-order valence-electron chi connectivity index (χ1n) is 5.84. The van der Waals surface area contributed by atoms with E-state index >= 15 is 0 Å². The first-order valence-corrected chi connectivity index (χ1v) is 6.63. The summed E-state index contributed by atoms with van der Waals surface area (Å²) >= 11 is 3.25. The summed E-state index contributed by atoms with van der Waals surface area (Å²) in [5.41, 5.74) is -0.744. The van der Waals surface area contributed by atoms with Crippen LogP contribution in [0.5, 0.6) is 0 Å². The van der Waals surface area contributed by atoms with Crippen LogP contribution in [0.15, 0.2) is 11.1 Å². The third kappa shape index (κ3) is 2.54. The van der Waals surface area contributed by atoms with Gasteiger partial charge in [0.1, 0.15) is 11.6 Å². The molecule has 2 amide bonds. The molecule has 4 nitrogen and oxygen atoms in total. The molecule has 0 aromatic carbocycles. The molecule has 0 spiro atoms. The number of hydrogen-bond acceptors (Lipinski definition) is 2. The van der Waals surface area contributed by atoms with Crippen LogP contribution in [0, 0.1) is 0 Å². The molecule has 1 aliphatic heterocycles. The lowest BCUT2D eigenvalue weighted by Crippen LogP contribution is -2.69. The Kier molecular flexibility index (Phi) is 4.36. The third-order valence-corrected chi connectivity index (χ3v) is 3.68. The van der Waals surface area contributed by atoms with Crippen molar-refractivity contribution >= 4 is 27.7 Å². The predicted molar refractivity (Wildman–Crippen MR) is 70.7 cm³/mol. The Morgan fingerprint density at radius 1 is 1.47 bits per heavy atom. The Balaban J connectivity index is 3.06. The van der Waals surface area contributed by atoms with Crippen LogP contribution >= 0.6 is 15.9 Å². The monoisotopic (exact) mass is 302 g/mol. The first kappa shape index (κ1) is 14.2. The van der Waals surface area contributed by atoms with E-state index in [2.05, 4.69) is 27.8 Å². The number of nitrogens with one attached hydrogen (secondary N) is 1. The summed E-state index contributed by atoms with van der Waals surface area (Å²) < 4.78 is 0.702. The minimum Gasteiger partial charge on any atom is -0.340 e. The van der Waals surface area contributed by atoms with Gasteiger partial charge in [-0.1, -0.05) is 36.4 Å². The number of carbonyl (C=O) groups is 2. The zero-order valence-corrected chi connectivity index (χ0v) is 12.1. The van der Waals surface area contributed by atoms with Crippen LogP contribution in [-0.4, -0.2) is 34.8 Å². The smallest absolute Gasteiger partial charge is 0.249 e. The van der Waals surface area contributed by atoms with Gasteiger partial charge >= 0.3 is 0 Å². The van der Waals surface area contributed by atoms with Crippen molar-refractivity contribution < 1.29 is 9.59 Å². The van der Waals surface area contributed by atoms with Crippen molar-refractivity contribution in [3.05, 3.63) is 11.1 Å². The second-order valence-corrected chi connectivity index (χ2v) is 5.53. The van der Waals surface area contributed by atoms with Crippen molar-refractivity contribution in [2.24, 2.45) is 0 Å². The van der Waals surface area contributed by atoms with Crippen molar-refractivity contribution in [2.45, 2.75) is 45.2 Å². The summed E-state index contributed by atoms with van der Waals surface area (Å²) in [4.78, 5) is 26.0. The van der Waals surface area contributed by atoms with Gasteiger partial charge in [0.25, 0.3) is 0 Å². The van der Waals surface area contributed by atoms with Crippen molar-refractivity contribution in [1.29, 1.82) is 0 Å². The standard InChI is InChI=1S/C12H19BrN2O2/c1-5-12(6-2)11(17)15(7-8(3)13)9(4)10(16)14-12/h9H,3,5-7H2,1-2,4H3,(H,14,16). The minimum atomic E-state index is -0.744. The lowest BCUT2D eigenvalue weighted by Gasteiger charge is -2.44. The summed E-state index contributed by atoms with van der Waals surface area (Å²) in [6, 6.07) is -0.442. The van der Waals surface area contributed by atoms with Gasteiger partial charge in [0, 0.05) is 4.48 Å². The number of carbonyl (C=O) groups excluding carboxylic acids is 2. The number of amides is 2. The van der Waals surface area contributed by atoms with Gasteiger partial charge in [-0.2, -0.15) is 0 Å². The highest BCUT2D eigenvalue weighted by Gasteiger charge is 2.47. The molecule has 0 aromatic rings. The molecular weight excluding hydrogens is 284 g/mol. The molecule has 0 bridgehead atoms. The van der Waals surface area contributed by atoms with Crippen LogP contribution < -0.4 is 5.32 Å². The van der Waals surface area contributed by atoms with Crippen LogP contribution in [0.4, 0.5) is 0 Å². The lowest BCUT2D eigenvalue weighted by molar-refractivity contribution is -0.154.